The van der Waals surface area contributed by atoms with Crippen molar-refractivity contribution >= 4 is 0 Å². The van der Waals surface area contributed by atoms with E-state index in [0.29, 0.717) is 100 Å². The van der Waals surface area contributed by atoms with Gasteiger partial charge in [-0.3, -0.25) is 0 Å². The second-order valence-corrected chi connectivity index (χ2v) is 25.6. The molecule has 6 atom stereocenters. The summed E-state index contributed by atoms with van der Waals surface area (Å²) in [6.07, 6.45) is 0. The van der Waals surface area contributed by atoms with E-state index < -0.39 is 33.6 Å². The summed E-state index contributed by atoms with van der Waals surface area (Å²) in [6.45, 7) is 0. The van der Waals surface area contributed by atoms with Crippen molar-refractivity contribution in [3.63, 3.8) is 0 Å². The molecule has 92 heavy (non-hydrogen) atoms. The van der Waals surface area contributed by atoms with E-state index in [1.165, 1.54) is 0 Å². The van der Waals surface area contributed by atoms with Crippen LogP contribution in [0.2, 0.25) is 0 Å². The monoisotopic (exact) mass is 1190 g/mol. The lowest BCUT2D eigenvalue weighted by molar-refractivity contribution is 0.125. The van der Waals surface area contributed by atoms with Crippen LogP contribution in [0.25, 0.3) is 66.8 Å². The Morgan fingerprint density at radius 2 is 0.293 bits per heavy atom. The number of fused-ring (bicyclic) bond motifs is 18. The summed E-state index contributed by atoms with van der Waals surface area (Å²) in [5, 5.41) is 101. The Labute approximate surface area is 529 Å². The molecule has 13 aromatic carbocycles. The highest BCUT2D eigenvalue weighted by atomic mass is 16.3. The molecule has 0 spiro atoms. The molecule has 8 N–H and O–H groups in total. The van der Waals surface area contributed by atoms with Crippen LogP contribution in [0.4, 0.5) is 0 Å². The topological polar surface area (TPSA) is 162 Å². The molecule has 6 aliphatic carbocycles. The summed E-state index contributed by atoms with van der Waals surface area (Å²) in [6, 6.07) is 87.7. The Bertz CT molecular complexity index is 5070. The number of aromatic hydroxyl groups is 2. The van der Waals surface area contributed by atoms with Gasteiger partial charge in [-0.15, -0.1) is 0 Å². The van der Waals surface area contributed by atoms with E-state index in [0.717, 1.165) is 66.8 Å². The van der Waals surface area contributed by atoms with E-state index in [1.807, 2.05) is 231 Å². The van der Waals surface area contributed by atoms with E-state index >= 15 is 0 Å². The van der Waals surface area contributed by atoms with Crippen LogP contribution in [0.5, 0.6) is 11.5 Å². The maximum Gasteiger partial charge on any atom is 0.141 e. The summed E-state index contributed by atoms with van der Waals surface area (Å²) in [4.78, 5) is 0. The molecule has 0 radical (unpaired) electrons. The molecule has 0 amide bonds. The highest BCUT2D eigenvalue weighted by molar-refractivity contribution is 5.95. The Kier molecular flexibility index (Phi) is 10.4. The van der Waals surface area contributed by atoms with Gasteiger partial charge in [0.1, 0.15) is 45.1 Å². The third-order valence-corrected chi connectivity index (χ3v) is 21.5. The van der Waals surface area contributed by atoms with Gasteiger partial charge in [0, 0.05) is 66.8 Å². The number of phenols is 2. The minimum Gasteiger partial charge on any atom is -0.508 e. The van der Waals surface area contributed by atoms with Crippen molar-refractivity contribution < 1.29 is 40.9 Å². The molecular formula is C84H54O8. The predicted octanol–water partition coefficient (Wildman–Crippen LogP) is 14.7. The standard InChI is InChI=1S/C84H54O8/c85-53-37-33-51(34-38-53)83(91)71-23-11-5-17-59(71)65-43-75-63(45-77(65)83)57-15-3-9-21-69(57)81(75,89)49-29-25-47(26-30-49)79(87)67-19-7-1-13-55(67)61-41-74-62(42-73(61)79)56-14-2-8-20-68(56)80(74,88)48-27-31-50(32-28-48)82(90)70-22-10-4-16-58(70)64-46-78-66(44-76(64)82)60-18-6-12-24-72(60)84(78,92)52-35-39-54(86)40-36-52/h1-46,85-92H. The Hall–Kier alpha value is -10.8. The van der Waals surface area contributed by atoms with Crippen molar-refractivity contribution in [2.24, 2.45) is 0 Å². The van der Waals surface area contributed by atoms with Crippen molar-refractivity contribution in [3.8, 4) is 78.3 Å². The van der Waals surface area contributed by atoms with Crippen LogP contribution in [0.1, 0.15) is 100 Å². The van der Waals surface area contributed by atoms with E-state index in [4.69, 9.17) is 0 Å². The Morgan fingerprint density at radius 3 is 0.457 bits per heavy atom. The molecule has 19 rings (SSSR count). The molecule has 8 heteroatoms. The fourth-order valence-corrected chi connectivity index (χ4v) is 17.2. The number of rotatable bonds is 6. The first-order valence-electron chi connectivity index (χ1n) is 31.0. The molecule has 0 heterocycles. The van der Waals surface area contributed by atoms with Gasteiger partial charge in [-0.2, -0.15) is 0 Å². The summed E-state index contributed by atoms with van der Waals surface area (Å²) in [5.74, 6) is 0.200. The van der Waals surface area contributed by atoms with Crippen LogP contribution in [0.3, 0.4) is 0 Å². The largest absolute Gasteiger partial charge is 0.508 e. The summed E-state index contributed by atoms with van der Waals surface area (Å²) in [5.41, 5.74) is 11.9. The van der Waals surface area contributed by atoms with Crippen LogP contribution < -0.4 is 0 Å². The molecule has 0 saturated carbocycles. The second-order valence-electron chi connectivity index (χ2n) is 25.6. The maximum atomic E-state index is 13.8. The summed E-state index contributed by atoms with van der Waals surface area (Å²) in [7, 11) is 0. The van der Waals surface area contributed by atoms with E-state index in [2.05, 4.69) is 0 Å². The van der Waals surface area contributed by atoms with Gasteiger partial charge in [-0.25, -0.2) is 0 Å². The Balaban J connectivity index is 0.710. The third kappa shape index (κ3) is 6.40. The SMILES string of the molecule is Oc1ccc(C2(O)c3ccccc3-c3cc4c(cc32)-c2ccccc2C4(O)c2ccc(C3(O)c4ccccc4-c4cc5c(cc43)-c3ccccc3C5(O)c3ccc(C4(O)c5ccccc5-c5cc6c(cc54)-c4ccccc4C6(O)c4ccc(O)cc4)cc3)cc2)cc1. The third-order valence-electron chi connectivity index (χ3n) is 21.5. The minimum atomic E-state index is -1.66. The molecule has 0 bridgehead atoms. The number of aliphatic hydroxyl groups is 6. The van der Waals surface area contributed by atoms with Gasteiger partial charge in [-0.05, 0) is 161 Å². The molecular weight excluding hydrogens is 1140 g/mol. The first-order valence-corrected chi connectivity index (χ1v) is 31.0. The molecule has 13 aromatic rings. The zero-order valence-electron chi connectivity index (χ0n) is 49.1. The van der Waals surface area contributed by atoms with Crippen molar-refractivity contribution in [1.82, 2.24) is 0 Å². The number of hydrogen-bond acceptors (Lipinski definition) is 8. The number of benzene rings is 13. The first kappa shape index (κ1) is 53.1. The van der Waals surface area contributed by atoms with Crippen molar-refractivity contribution in [1.29, 1.82) is 0 Å². The Morgan fingerprint density at radius 1 is 0.152 bits per heavy atom. The van der Waals surface area contributed by atoms with Gasteiger partial charge in [0.15, 0.2) is 0 Å². The first-order chi connectivity index (χ1) is 44.7. The van der Waals surface area contributed by atoms with Gasteiger partial charge in [0.2, 0.25) is 0 Å². The van der Waals surface area contributed by atoms with Crippen LogP contribution in [0, 0.1) is 0 Å². The molecule has 0 fully saturated rings. The molecule has 6 aliphatic rings. The number of hydrogen-bond donors (Lipinski definition) is 8. The van der Waals surface area contributed by atoms with Crippen LogP contribution >= 0.6 is 0 Å². The zero-order chi connectivity index (χ0) is 62.0. The molecule has 0 aromatic heterocycles. The average Bonchev–Trinajstić information content (AvgIpc) is 1.54. The second kappa shape index (κ2) is 18.0. The quantitative estimate of drug-likeness (QED) is 0.0816. The van der Waals surface area contributed by atoms with Crippen LogP contribution in [-0.2, 0) is 33.6 Å². The predicted molar refractivity (Wildman–Crippen MR) is 354 cm³/mol. The van der Waals surface area contributed by atoms with Gasteiger partial charge in [0.05, 0.1) is 0 Å². The van der Waals surface area contributed by atoms with E-state index in [1.54, 1.807) is 48.5 Å². The highest BCUT2D eigenvalue weighted by Crippen LogP contribution is 2.63. The maximum absolute atomic E-state index is 13.8. The fourth-order valence-electron chi connectivity index (χ4n) is 17.2. The molecule has 0 aliphatic heterocycles. The van der Waals surface area contributed by atoms with Gasteiger partial charge >= 0.3 is 0 Å². The molecule has 438 valence electrons. The fraction of sp³-hybridized carbons (Fsp3) is 0.0714. The summed E-state index contributed by atoms with van der Waals surface area (Å²) < 4.78 is 0. The molecule has 6 unspecified atom stereocenters. The zero-order valence-corrected chi connectivity index (χ0v) is 49.1. The van der Waals surface area contributed by atoms with Gasteiger partial charge in [0.25, 0.3) is 0 Å². The normalized spacial score (nSPS) is 23.0. The minimum absolute atomic E-state index is 0.0998. The smallest absolute Gasteiger partial charge is 0.141 e. The highest BCUT2D eigenvalue weighted by Gasteiger charge is 2.53. The van der Waals surface area contributed by atoms with E-state index in [9.17, 15) is 40.9 Å². The van der Waals surface area contributed by atoms with Crippen molar-refractivity contribution in [3.05, 3.63) is 379 Å². The molecule has 8 nitrogen and oxygen atoms in total. The van der Waals surface area contributed by atoms with Crippen LogP contribution in [0.15, 0.2) is 279 Å². The van der Waals surface area contributed by atoms with Crippen molar-refractivity contribution in [2.75, 3.05) is 0 Å². The van der Waals surface area contributed by atoms with Crippen LogP contribution in [-0.4, -0.2) is 40.9 Å². The lowest BCUT2D eigenvalue weighted by Gasteiger charge is -2.31. The molecule has 0 saturated heterocycles. The van der Waals surface area contributed by atoms with Crippen molar-refractivity contribution in [2.45, 2.75) is 33.6 Å². The lowest BCUT2D eigenvalue weighted by atomic mass is 9.78. The van der Waals surface area contributed by atoms with Gasteiger partial charge < -0.3 is 40.9 Å². The number of phenolic OH excluding ortho intramolecular Hbond substituents is 2. The summed E-state index contributed by atoms with van der Waals surface area (Å²) >= 11 is 0. The average molecular weight is 1190 g/mol. The van der Waals surface area contributed by atoms with Gasteiger partial charge in [-0.1, -0.05) is 218 Å². The lowest BCUT2D eigenvalue weighted by Crippen LogP contribution is -2.29. The van der Waals surface area contributed by atoms with E-state index in [-0.39, 0.29) is 11.5 Å².